The van der Waals surface area contributed by atoms with Crippen LogP contribution < -0.4 is 5.32 Å². The van der Waals surface area contributed by atoms with Gasteiger partial charge >= 0.3 is 0 Å². The van der Waals surface area contributed by atoms with Crippen LogP contribution in [-0.4, -0.2) is 40.9 Å². The van der Waals surface area contributed by atoms with E-state index < -0.39 is 0 Å². The molecule has 0 aliphatic heterocycles. The second-order valence-electron chi connectivity index (χ2n) is 6.57. The van der Waals surface area contributed by atoms with Crippen molar-refractivity contribution < 1.29 is 9.53 Å². The van der Waals surface area contributed by atoms with E-state index in [9.17, 15) is 4.79 Å². The maximum Gasteiger partial charge on any atom is 0.290 e. The van der Waals surface area contributed by atoms with Gasteiger partial charge in [0.2, 0.25) is 5.82 Å². The fraction of sp³-hybridized carbons (Fsp3) is 0.286. The van der Waals surface area contributed by atoms with Gasteiger partial charge in [-0.1, -0.05) is 45.8 Å². The molecule has 2 aromatic carbocycles. The lowest BCUT2D eigenvalue weighted by Crippen LogP contribution is -2.26. The fourth-order valence-electron chi connectivity index (χ4n) is 2.90. The first-order valence-corrected chi connectivity index (χ1v) is 9.86. The van der Waals surface area contributed by atoms with Gasteiger partial charge in [0.25, 0.3) is 5.91 Å². The van der Waals surface area contributed by atoms with E-state index in [2.05, 4.69) is 37.4 Å². The van der Waals surface area contributed by atoms with Crippen LogP contribution in [0.1, 0.15) is 28.2 Å². The molecule has 0 saturated carbocycles. The molecule has 1 amide bonds. The molecule has 7 heteroatoms. The second kappa shape index (κ2) is 9.12. The summed E-state index contributed by atoms with van der Waals surface area (Å²) in [6, 6.07) is 13.9. The van der Waals surface area contributed by atoms with Crippen LogP contribution in [0, 0.1) is 13.8 Å². The van der Waals surface area contributed by atoms with Crippen LogP contribution in [0.15, 0.2) is 46.9 Å². The Bertz CT molecular complexity index is 967. The first-order valence-electron chi connectivity index (χ1n) is 9.07. The highest BCUT2D eigenvalue weighted by molar-refractivity contribution is 9.10. The summed E-state index contributed by atoms with van der Waals surface area (Å²) in [5.41, 5.74) is 4.02. The van der Waals surface area contributed by atoms with Crippen LogP contribution in [0.5, 0.6) is 0 Å². The normalized spacial score (nSPS) is 10.9. The average molecular weight is 443 g/mol. The number of hydrogen-bond donors (Lipinski definition) is 1. The number of methoxy groups -OCH3 is 1. The summed E-state index contributed by atoms with van der Waals surface area (Å²) in [5.74, 6) is 0.481. The first-order chi connectivity index (χ1) is 13.5. The highest BCUT2D eigenvalue weighted by Crippen LogP contribution is 2.25. The van der Waals surface area contributed by atoms with Crippen molar-refractivity contribution >= 4 is 21.8 Å². The highest BCUT2D eigenvalue weighted by atomic mass is 79.9. The Hall–Kier alpha value is -2.51. The van der Waals surface area contributed by atoms with E-state index >= 15 is 0 Å². The van der Waals surface area contributed by atoms with Gasteiger partial charge < -0.3 is 10.1 Å². The summed E-state index contributed by atoms with van der Waals surface area (Å²) in [6.45, 7) is 5.18. The molecule has 0 bridgehead atoms. The number of aromatic nitrogens is 3. The number of hydrogen-bond acceptors (Lipinski definition) is 4. The largest absolute Gasteiger partial charge is 0.385 e. The molecule has 146 valence electrons. The van der Waals surface area contributed by atoms with E-state index in [1.165, 1.54) is 5.56 Å². The lowest BCUT2D eigenvalue weighted by atomic mass is 10.1. The third-order valence-electron chi connectivity index (χ3n) is 4.30. The van der Waals surface area contributed by atoms with Crippen molar-refractivity contribution in [3.63, 3.8) is 0 Å². The monoisotopic (exact) mass is 442 g/mol. The molecule has 0 saturated heterocycles. The van der Waals surface area contributed by atoms with E-state index in [4.69, 9.17) is 4.74 Å². The minimum atomic E-state index is -0.294. The number of rotatable bonds is 7. The number of nitrogens with zero attached hydrogens (tertiary/aromatic N) is 3. The summed E-state index contributed by atoms with van der Waals surface area (Å²) in [7, 11) is 1.64. The molecule has 6 nitrogen and oxygen atoms in total. The van der Waals surface area contributed by atoms with E-state index in [-0.39, 0.29) is 11.7 Å². The Kier molecular flexibility index (Phi) is 6.59. The summed E-state index contributed by atoms with van der Waals surface area (Å²) >= 11 is 3.45. The zero-order valence-electron chi connectivity index (χ0n) is 16.2. The Balaban J connectivity index is 2.00. The van der Waals surface area contributed by atoms with E-state index in [0.717, 1.165) is 27.7 Å². The maximum absolute atomic E-state index is 12.5. The molecule has 0 aliphatic rings. The lowest BCUT2D eigenvalue weighted by molar-refractivity contribution is 0.0938. The summed E-state index contributed by atoms with van der Waals surface area (Å²) in [5, 5.41) is 7.36. The van der Waals surface area contributed by atoms with Gasteiger partial charge in [0.15, 0.2) is 5.82 Å². The van der Waals surface area contributed by atoms with Gasteiger partial charge in [-0.05, 0) is 44.0 Å². The third-order valence-corrected chi connectivity index (χ3v) is 4.83. The van der Waals surface area contributed by atoms with Gasteiger partial charge in [0, 0.05) is 30.3 Å². The SMILES string of the molecule is COCCCNC(=O)c1nc(-c2ccc(Br)cc2)n(-c2ccc(C)cc2C)n1. The molecule has 0 fully saturated rings. The van der Waals surface area contributed by atoms with Crippen LogP contribution in [0.4, 0.5) is 0 Å². The Morgan fingerprint density at radius 3 is 2.61 bits per heavy atom. The van der Waals surface area contributed by atoms with Gasteiger partial charge in [-0.15, -0.1) is 5.10 Å². The van der Waals surface area contributed by atoms with Gasteiger partial charge in [-0.25, -0.2) is 9.67 Å². The number of ether oxygens (including phenoxy) is 1. The molecule has 0 spiro atoms. The standard InChI is InChI=1S/C21H23BrN4O2/c1-14-5-10-18(15(2)13-14)26-20(16-6-8-17(22)9-7-16)24-19(25-26)21(27)23-11-4-12-28-3/h5-10,13H,4,11-12H2,1-3H3,(H,23,27). The fourth-order valence-corrected chi connectivity index (χ4v) is 3.17. The molecular formula is C21H23BrN4O2. The number of carbonyl (C=O) groups excluding carboxylic acids is 1. The van der Waals surface area contributed by atoms with Crippen LogP contribution >= 0.6 is 15.9 Å². The van der Waals surface area contributed by atoms with Crippen molar-refractivity contribution in [2.24, 2.45) is 0 Å². The minimum Gasteiger partial charge on any atom is -0.385 e. The van der Waals surface area contributed by atoms with Crippen molar-refractivity contribution in [1.82, 2.24) is 20.1 Å². The Labute approximate surface area is 173 Å². The van der Waals surface area contributed by atoms with Crippen molar-refractivity contribution in [2.75, 3.05) is 20.3 Å². The Morgan fingerprint density at radius 2 is 1.93 bits per heavy atom. The zero-order valence-corrected chi connectivity index (χ0v) is 17.8. The number of nitrogens with one attached hydrogen (secondary N) is 1. The quantitative estimate of drug-likeness (QED) is 0.559. The molecule has 28 heavy (non-hydrogen) atoms. The molecule has 1 N–H and O–H groups in total. The number of amides is 1. The topological polar surface area (TPSA) is 69.0 Å². The van der Waals surface area contributed by atoms with E-state index in [1.54, 1.807) is 11.8 Å². The van der Waals surface area contributed by atoms with Crippen molar-refractivity contribution in [3.8, 4) is 17.1 Å². The summed E-state index contributed by atoms with van der Waals surface area (Å²) < 4.78 is 7.73. The smallest absolute Gasteiger partial charge is 0.290 e. The third kappa shape index (κ3) is 4.66. The number of aryl methyl sites for hydroxylation is 2. The number of carbonyl (C=O) groups is 1. The zero-order chi connectivity index (χ0) is 20.1. The predicted octanol–water partition coefficient (Wildman–Crippen LogP) is 4.08. The highest BCUT2D eigenvalue weighted by Gasteiger charge is 2.19. The molecule has 3 aromatic rings. The molecular weight excluding hydrogens is 420 g/mol. The first kappa shape index (κ1) is 20.2. The minimum absolute atomic E-state index is 0.148. The maximum atomic E-state index is 12.5. The van der Waals surface area contributed by atoms with E-state index in [0.29, 0.717) is 19.0 Å². The van der Waals surface area contributed by atoms with E-state index in [1.807, 2.05) is 50.2 Å². The molecule has 0 radical (unpaired) electrons. The molecule has 3 rings (SSSR count). The average Bonchev–Trinajstić information content (AvgIpc) is 3.11. The molecule has 0 aliphatic carbocycles. The van der Waals surface area contributed by atoms with Crippen LogP contribution in [0.2, 0.25) is 0 Å². The summed E-state index contributed by atoms with van der Waals surface area (Å²) in [4.78, 5) is 17.1. The number of benzene rings is 2. The van der Waals surface area contributed by atoms with Crippen LogP contribution in [0.25, 0.3) is 17.1 Å². The van der Waals surface area contributed by atoms with Crippen molar-refractivity contribution in [2.45, 2.75) is 20.3 Å². The molecule has 0 atom stereocenters. The predicted molar refractivity (Wildman–Crippen MR) is 113 cm³/mol. The molecule has 1 heterocycles. The second-order valence-corrected chi connectivity index (χ2v) is 7.49. The molecule has 0 unspecified atom stereocenters. The van der Waals surface area contributed by atoms with Crippen molar-refractivity contribution in [3.05, 3.63) is 63.9 Å². The van der Waals surface area contributed by atoms with Crippen LogP contribution in [0.3, 0.4) is 0 Å². The van der Waals surface area contributed by atoms with Crippen molar-refractivity contribution in [1.29, 1.82) is 0 Å². The van der Waals surface area contributed by atoms with Crippen LogP contribution in [-0.2, 0) is 4.74 Å². The van der Waals surface area contributed by atoms with Gasteiger partial charge in [-0.2, -0.15) is 0 Å². The van der Waals surface area contributed by atoms with Gasteiger partial charge in [0.05, 0.1) is 5.69 Å². The lowest BCUT2D eigenvalue weighted by Gasteiger charge is -2.10. The van der Waals surface area contributed by atoms with Gasteiger partial charge in [-0.3, -0.25) is 4.79 Å². The number of halogens is 1. The summed E-state index contributed by atoms with van der Waals surface area (Å²) in [6.07, 6.45) is 0.736. The van der Waals surface area contributed by atoms with Gasteiger partial charge in [0.1, 0.15) is 0 Å². The Morgan fingerprint density at radius 1 is 1.18 bits per heavy atom. The molecule has 1 aromatic heterocycles.